The predicted molar refractivity (Wildman–Crippen MR) is 112 cm³/mol. The van der Waals surface area contributed by atoms with Gasteiger partial charge in [-0.25, -0.2) is 4.79 Å². The molecule has 0 bridgehead atoms. The fourth-order valence-electron chi connectivity index (χ4n) is 2.96. The largest absolute Gasteiger partial charge is 0.466 e. The Balaban J connectivity index is 0.000000370. The minimum Gasteiger partial charge on any atom is -0.466 e. The summed E-state index contributed by atoms with van der Waals surface area (Å²) in [5.74, 6) is -1.24. The van der Waals surface area contributed by atoms with E-state index in [0.717, 1.165) is 11.3 Å². The Morgan fingerprint density at radius 1 is 0.966 bits per heavy atom. The van der Waals surface area contributed by atoms with Gasteiger partial charge in [-0.15, -0.1) is 0 Å². The lowest BCUT2D eigenvalue weighted by atomic mass is 10.1. The minimum absolute atomic E-state index is 0.101. The molecule has 1 aliphatic heterocycles. The van der Waals surface area contributed by atoms with Gasteiger partial charge in [0.1, 0.15) is 0 Å². The maximum absolute atomic E-state index is 12.5. The number of ether oxygens (including phenoxy) is 1. The number of anilines is 1. The van der Waals surface area contributed by atoms with Crippen LogP contribution in [-0.4, -0.2) is 42.9 Å². The number of nitrogens with zero attached hydrogens (tertiary/aromatic N) is 2. The van der Waals surface area contributed by atoms with E-state index in [1.807, 2.05) is 67.6 Å². The fraction of sp³-hybridized carbons (Fsp3) is 0.261. The van der Waals surface area contributed by atoms with Gasteiger partial charge < -0.3 is 14.5 Å². The summed E-state index contributed by atoms with van der Waals surface area (Å²) in [4.78, 5) is 38.3. The summed E-state index contributed by atoms with van der Waals surface area (Å²) in [6.45, 7) is 7.97. The molecule has 0 saturated carbocycles. The summed E-state index contributed by atoms with van der Waals surface area (Å²) in [6, 6.07) is 19.0. The van der Waals surface area contributed by atoms with Crippen LogP contribution < -0.4 is 4.90 Å². The average molecular weight is 394 g/mol. The summed E-state index contributed by atoms with van der Waals surface area (Å²) in [6.07, 6.45) is 0. The van der Waals surface area contributed by atoms with Crippen LogP contribution in [0.1, 0.15) is 25.5 Å². The molecule has 1 saturated heterocycles. The molecule has 1 heterocycles. The standard InChI is InChI=1S/C18H18N2O2.C5H8O2/c1-14(15-8-4-2-5-9-15)19-12-13-20(18(22)17(19)21)16-10-6-3-7-11-16;1-4(2)5(6)7-3/h2-11,14H,12-13H2,1H3;1H2,2-3H3. The number of hydrogen-bond acceptors (Lipinski definition) is 4. The van der Waals surface area contributed by atoms with Crippen molar-refractivity contribution in [3.8, 4) is 0 Å². The molecule has 6 nitrogen and oxygen atoms in total. The fourth-order valence-corrected chi connectivity index (χ4v) is 2.96. The van der Waals surface area contributed by atoms with Crippen LogP contribution in [0.3, 0.4) is 0 Å². The highest BCUT2D eigenvalue weighted by Crippen LogP contribution is 2.24. The Morgan fingerprint density at radius 2 is 1.52 bits per heavy atom. The lowest BCUT2D eigenvalue weighted by Gasteiger charge is -2.37. The number of hydrogen-bond donors (Lipinski definition) is 0. The summed E-state index contributed by atoms with van der Waals surface area (Å²) in [7, 11) is 1.33. The van der Waals surface area contributed by atoms with Crippen molar-refractivity contribution in [2.24, 2.45) is 0 Å². The Hall–Kier alpha value is -3.41. The zero-order valence-corrected chi connectivity index (χ0v) is 17.0. The van der Waals surface area contributed by atoms with Crippen LogP contribution in [0, 0.1) is 0 Å². The van der Waals surface area contributed by atoms with E-state index in [2.05, 4.69) is 11.3 Å². The van der Waals surface area contributed by atoms with Crippen molar-refractivity contribution in [1.82, 2.24) is 4.90 Å². The van der Waals surface area contributed by atoms with Crippen molar-refractivity contribution in [3.05, 3.63) is 78.4 Å². The highest BCUT2D eigenvalue weighted by molar-refractivity contribution is 6.41. The molecule has 0 N–H and O–H groups in total. The Labute approximate surface area is 171 Å². The first kappa shape index (κ1) is 21.9. The zero-order chi connectivity index (χ0) is 21.4. The van der Waals surface area contributed by atoms with E-state index in [4.69, 9.17) is 0 Å². The van der Waals surface area contributed by atoms with E-state index < -0.39 is 11.8 Å². The summed E-state index contributed by atoms with van der Waals surface area (Å²) < 4.78 is 4.27. The van der Waals surface area contributed by atoms with Crippen LogP contribution >= 0.6 is 0 Å². The lowest BCUT2D eigenvalue weighted by molar-refractivity contribution is -0.147. The molecule has 0 aliphatic carbocycles. The molecule has 1 atom stereocenters. The third-order valence-corrected chi connectivity index (χ3v) is 4.60. The third-order valence-electron chi connectivity index (χ3n) is 4.60. The molecule has 0 aromatic heterocycles. The first-order valence-corrected chi connectivity index (χ1v) is 9.33. The first-order valence-electron chi connectivity index (χ1n) is 9.33. The van der Waals surface area contributed by atoms with E-state index in [1.165, 1.54) is 7.11 Å². The topological polar surface area (TPSA) is 66.9 Å². The molecule has 2 aromatic rings. The molecular weight excluding hydrogens is 368 g/mol. The van der Waals surface area contributed by atoms with Crippen molar-refractivity contribution in [2.75, 3.05) is 25.1 Å². The second-order valence-corrected chi connectivity index (χ2v) is 6.65. The normalized spacial score (nSPS) is 14.6. The van der Waals surface area contributed by atoms with Gasteiger partial charge in [-0.2, -0.15) is 0 Å². The van der Waals surface area contributed by atoms with Crippen molar-refractivity contribution < 1.29 is 19.1 Å². The number of amides is 2. The monoisotopic (exact) mass is 394 g/mol. The van der Waals surface area contributed by atoms with Crippen LogP contribution in [0.25, 0.3) is 0 Å². The van der Waals surface area contributed by atoms with Gasteiger partial charge in [0.2, 0.25) is 0 Å². The lowest BCUT2D eigenvalue weighted by Crippen LogP contribution is -2.55. The maximum atomic E-state index is 12.5. The van der Waals surface area contributed by atoms with Gasteiger partial charge >= 0.3 is 17.8 Å². The Kier molecular flexibility index (Phi) is 7.71. The Bertz CT molecular complexity index is 865. The number of piperazine rings is 1. The van der Waals surface area contributed by atoms with E-state index in [9.17, 15) is 14.4 Å². The van der Waals surface area contributed by atoms with Gasteiger partial charge in [-0.1, -0.05) is 55.1 Å². The molecule has 2 amide bonds. The van der Waals surface area contributed by atoms with E-state index in [1.54, 1.807) is 16.7 Å². The summed E-state index contributed by atoms with van der Waals surface area (Å²) in [5, 5.41) is 0. The quantitative estimate of drug-likeness (QED) is 0.453. The number of benzene rings is 2. The predicted octanol–water partition coefficient (Wildman–Crippen LogP) is 3.36. The third kappa shape index (κ3) is 5.54. The minimum atomic E-state index is -0.458. The van der Waals surface area contributed by atoms with Crippen LogP contribution in [0.15, 0.2) is 72.8 Å². The highest BCUT2D eigenvalue weighted by Gasteiger charge is 2.35. The molecule has 0 radical (unpaired) electrons. The molecule has 3 rings (SSSR count). The molecule has 6 heteroatoms. The summed E-state index contributed by atoms with van der Waals surface area (Å²) >= 11 is 0. The molecule has 1 unspecified atom stereocenters. The second-order valence-electron chi connectivity index (χ2n) is 6.65. The van der Waals surface area contributed by atoms with Gasteiger partial charge in [0.05, 0.1) is 13.2 Å². The van der Waals surface area contributed by atoms with Crippen molar-refractivity contribution in [2.45, 2.75) is 19.9 Å². The number of rotatable bonds is 4. The van der Waals surface area contributed by atoms with E-state index in [-0.39, 0.29) is 12.0 Å². The number of esters is 1. The van der Waals surface area contributed by atoms with Crippen LogP contribution in [-0.2, 0) is 19.1 Å². The van der Waals surface area contributed by atoms with E-state index >= 15 is 0 Å². The van der Waals surface area contributed by atoms with Gasteiger partial charge in [-0.05, 0) is 31.5 Å². The van der Waals surface area contributed by atoms with Gasteiger partial charge in [-0.3, -0.25) is 9.59 Å². The summed E-state index contributed by atoms with van der Waals surface area (Å²) in [5.41, 5.74) is 2.24. The SMILES string of the molecule is C=C(C)C(=O)OC.CC(c1ccccc1)N1CCN(c2ccccc2)C(=O)C1=O. The zero-order valence-electron chi connectivity index (χ0n) is 17.0. The molecule has 1 fully saturated rings. The van der Waals surface area contributed by atoms with Crippen molar-refractivity contribution in [1.29, 1.82) is 0 Å². The molecule has 2 aromatic carbocycles. The average Bonchev–Trinajstić information content (AvgIpc) is 2.76. The number of carbonyl (C=O) groups is 3. The number of carbonyl (C=O) groups excluding carboxylic acids is 3. The second kappa shape index (κ2) is 10.2. The molecule has 1 aliphatic rings. The van der Waals surface area contributed by atoms with Gasteiger partial charge in [0.15, 0.2) is 0 Å². The Morgan fingerprint density at radius 3 is 2.00 bits per heavy atom. The highest BCUT2D eigenvalue weighted by atomic mass is 16.5. The van der Waals surface area contributed by atoms with Crippen LogP contribution in [0.5, 0.6) is 0 Å². The maximum Gasteiger partial charge on any atom is 0.332 e. The van der Waals surface area contributed by atoms with Crippen LogP contribution in [0.2, 0.25) is 0 Å². The molecular formula is C23H26N2O4. The van der Waals surface area contributed by atoms with E-state index in [0.29, 0.717) is 18.7 Å². The van der Waals surface area contributed by atoms with Gasteiger partial charge in [0.25, 0.3) is 0 Å². The number of methoxy groups -OCH3 is 1. The first-order chi connectivity index (χ1) is 13.9. The molecule has 152 valence electrons. The van der Waals surface area contributed by atoms with Crippen LogP contribution in [0.4, 0.5) is 5.69 Å². The molecule has 0 spiro atoms. The van der Waals surface area contributed by atoms with Crippen molar-refractivity contribution >= 4 is 23.5 Å². The molecule has 29 heavy (non-hydrogen) atoms. The van der Waals surface area contributed by atoms with Crippen molar-refractivity contribution in [3.63, 3.8) is 0 Å². The smallest absolute Gasteiger partial charge is 0.332 e. The van der Waals surface area contributed by atoms with Gasteiger partial charge in [0, 0.05) is 24.4 Å². The number of para-hydroxylation sites is 1.